The van der Waals surface area contributed by atoms with Crippen LogP contribution in [-0.2, 0) is 16.1 Å². The van der Waals surface area contributed by atoms with E-state index in [1.54, 1.807) is 71.6 Å². The number of halogens is 1. The van der Waals surface area contributed by atoms with Gasteiger partial charge in [-0.2, -0.15) is 9.67 Å². The van der Waals surface area contributed by atoms with Gasteiger partial charge in [-0.05, 0) is 25.1 Å². The molecule has 0 aliphatic rings. The number of benzene rings is 2. The van der Waals surface area contributed by atoms with Crippen LogP contribution in [0.1, 0.15) is 22.5 Å². The quantitative estimate of drug-likeness (QED) is 0.127. The Morgan fingerprint density at radius 1 is 0.974 bits per heavy atom. The minimum Gasteiger partial charge on any atom is -1.00 e. The molecule has 2 N–H and O–H groups in total. The van der Waals surface area contributed by atoms with Gasteiger partial charge < -0.3 is 27.7 Å². The lowest BCUT2D eigenvalue weighted by atomic mass is 10.1. The van der Waals surface area contributed by atoms with Gasteiger partial charge in [-0.3, -0.25) is 14.4 Å². The number of Topliss-reactive ketones (excluding diaryl/α,β-unsaturated/α-hetero) is 1. The number of pyridine rings is 1. The number of hydrazone groups is 1. The van der Waals surface area contributed by atoms with Gasteiger partial charge in [0.1, 0.15) is 11.2 Å². The molecule has 0 atom stereocenters. The maximum atomic E-state index is 13.1. The van der Waals surface area contributed by atoms with Gasteiger partial charge in [-0.1, -0.05) is 35.9 Å². The molecule has 12 heteroatoms. The third kappa shape index (κ3) is 6.65. The summed E-state index contributed by atoms with van der Waals surface area (Å²) in [5.74, 6) is -2.11. The van der Waals surface area contributed by atoms with E-state index in [0.29, 0.717) is 14.8 Å². The van der Waals surface area contributed by atoms with Gasteiger partial charge in [0.25, 0.3) is 17.6 Å². The molecule has 2 heterocycles. The second kappa shape index (κ2) is 12.4. The van der Waals surface area contributed by atoms with Gasteiger partial charge >= 0.3 is 5.91 Å². The summed E-state index contributed by atoms with van der Waals surface area (Å²) in [6.45, 7) is 1.81. The van der Waals surface area contributed by atoms with E-state index < -0.39 is 29.7 Å². The van der Waals surface area contributed by atoms with Gasteiger partial charge in [0.15, 0.2) is 23.9 Å². The Morgan fingerprint density at radius 2 is 1.66 bits per heavy atom. The van der Waals surface area contributed by atoms with Crippen LogP contribution in [-0.4, -0.2) is 28.0 Å². The number of amides is 2. The first-order valence-electron chi connectivity index (χ1n) is 11.3. The molecule has 38 heavy (non-hydrogen) atoms. The molecule has 0 aliphatic carbocycles. The predicted octanol–water partition coefficient (Wildman–Crippen LogP) is -1.11. The summed E-state index contributed by atoms with van der Waals surface area (Å²) in [7, 11) is 0. The van der Waals surface area contributed by atoms with E-state index in [-0.39, 0.29) is 35.7 Å². The summed E-state index contributed by atoms with van der Waals surface area (Å²) in [4.78, 5) is 50.8. The Bertz CT molecular complexity index is 1570. The molecular formula is C26H23ClN6O5. The Hall–Kier alpha value is -4.90. The number of anilines is 1. The molecule has 0 unspecified atom stereocenters. The van der Waals surface area contributed by atoms with Crippen molar-refractivity contribution in [3.63, 3.8) is 0 Å². The normalized spacial score (nSPS) is 10.9. The van der Waals surface area contributed by atoms with Crippen LogP contribution in [0.2, 0.25) is 0 Å². The second-order valence-corrected chi connectivity index (χ2v) is 8.18. The van der Waals surface area contributed by atoms with Crippen molar-refractivity contribution >= 4 is 40.0 Å². The fourth-order valence-corrected chi connectivity index (χ4v) is 3.49. The summed E-state index contributed by atoms with van der Waals surface area (Å²) in [5.41, 5.74) is 2.99. The average molecular weight is 535 g/mol. The molecular weight excluding hydrogens is 512 g/mol. The number of para-hydroxylation sites is 2. The maximum Gasteiger partial charge on any atom is 0.305 e. The first-order chi connectivity index (χ1) is 17.8. The number of nitrogens with zero attached hydrogens (tertiary/aromatic N) is 4. The van der Waals surface area contributed by atoms with Crippen molar-refractivity contribution in [2.75, 3.05) is 5.32 Å². The van der Waals surface area contributed by atoms with Crippen LogP contribution < -0.4 is 32.1 Å². The molecule has 0 bridgehead atoms. The van der Waals surface area contributed by atoms with Crippen molar-refractivity contribution in [1.29, 1.82) is 0 Å². The van der Waals surface area contributed by atoms with E-state index in [1.165, 1.54) is 12.1 Å². The van der Waals surface area contributed by atoms with Gasteiger partial charge in [-0.25, -0.2) is 5.43 Å². The number of carbonyl (C=O) groups is 3. The summed E-state index contributed by atoms with van der Waals surface area (Å²) in [5, 5.41) is 19.3. The summed E-state index contributed by atoms with van der Waals surface area (Å²) < 4.78 is 2.36. The third-order valence-electron chi connectivity index (χ3n) is 5.40. The van der Waals surface area contributed by atoms with E-state index in [2.05, 4.69) is 15.8 Å². The highest BCUT2D eigenvalue weighted by molar-refractivity contribution is 6.46. The molecule has 2 aromatic heterocycles. The number of nitrogens with one attached hydrogen (secondary N) is 2. The molecule has 0 fully saturated rings. The van der Waals surface area contributed by atoms with Gasteiger partial charge in [-0.15, -0.1) is 0 Å². The summed E-state index contributed by atoms with van der Waals surface area (Å²) in [6, 6.07) is 18.2. The van der Waals surface area contributed by atoms with Crippen LogP contribution in [0.3, 0.4) is 0 Å². The molecule has 4 rings (SSSR count). The maximum absolute atomic E-state index is 13.1. The lowest BCUT2D eigenvalue weighted by Gasteiger charge is -2.16. The Balaban J connectivity index is 0.00000400. The number of hydrogen-bond acceptors (Lipinski definition) is 6. The molecule has 0 aliphatic heterocycles. The van der Waals surface area contributed by atoms with Crippen molar-refractivity contribution in [2.45, 2.75) is 19.9 Å². The summed E-state index contributed by atoms with van der Waals surface area (Å²) in [6.07, 6.45) is 3.58. The highest BCUT2D eigenvalue weighted by Gasteiger charge is 2.23. The minimum atomic E-state index is -0.824. The molecule has 0 spiro atoms. The first-order valence-corrected chi connectivity index (χ1v) is 11.3. The standard InChI is InChI=1S/C26H22N6O5.ClH/c1-18-9-11-19(12-10-18)27-26(35)20(28-29-25(34)17-30-13-5-2-6-14-30)15-24(33)23-16-31(36)21-7-3-4-8-22(21)32(23)37;/h2-14,16H,15,17H2,1H3,(H-,27,29,34,35);1H. The lowest BCUT2D eigenvalue weighted by molar-refractivity contribution is -0.684. The van der Waals surface area contributed by atoms with E-state index in [9.17, 15) is 24.5 Å². The van der Waals surface area contributed by atoms with Crippen LogP contribution >= 0.6 is 0 Å². The Labute approximate surface area is 223 Å². The fourth-order valence-electron chi connectivity index (χ4n) is 3.49. The number of rotatable bonds is 8. The fraction of sp³-hybridized carbons (Fsp3) is 0.115. The number of aryl methyl sites for hydroxylation is 1. The molecule has 2 amide bonds. The van der Waals surface area contributed by atoms with Gasteiger partial charge in [0.2, 0.25) is 6.54 Å². The van der Waals surface area contributed by atoms with Gasteiger partial charge in [0.05, 0.1) is 10.8 Å². The molecule has 0 radical (unpaired) electrons. The van der Waals surface area contributed by atoms with Crippen molar-refractivity contribution in [1.82, 2.24) is 10.2 Å². The number of aromatic nitrogens is 3. The Kier molecular flexibility index (Phi) is 9.01. The number of fused-ring (bicyclic) bond motifs is 1. The molecule has 0 saturated carbocycles. The zero-order valence-corrected chi connectivity index (χ0v) is 21.0. The summed E-state index contributed by atoms with van der Waals surface area (Å²) >= 11 is 0. The predicted molar refractivity (Wildman–Crippen MR) is 135 cm³/mol. The largest absolute Gasteiger partial charge is 1.00 e. The van der Waals surface area contributed by atoms with E-state index >= 15 is 0 Å². The van der Waals surface area contributed by atoms with Crippen molar-refractivity contribution in [3.05, 3.63) is 107 Å². The molecule has 11 nitrogen and oxygen atoms in total. The Morgan fingerprint density at radius 3 is 2.37 bits per heavy atom. The minimum absolute atomic E-state index is 0. The highest BCUT2D eigenvalue weighted by Crippen LogP contribution is 2.13. The average Bonchev–Trinajstić information content (AvgIpc) is 2.90. The lowest BCUT2D eigenvalue weighted by Crippen LogP contribution is -3.00. The van der Waals surface area contributed by atoms with Crippen LogP contribution in [0, 0.1) is 17.0 Å². The SMILES string of the molecule is Cc1ccc(NC(=O)/C(CC(=O)c2c[n+](=O)c3ccccc3n2[O-])=N\NC(=O)C[n+]2ccccc2)cc1.[Cl-]. The first kappa shape index (κ1) is 27.7. The van der Waals surface area contributed by atoms with Crippen LogP contribution in [0.25, 0.3) is 11.0 Å². The molecule has 194 valence electrons. The van der Waals surface area contributed by atoms with Crippen LogP contribution in [0.4, 0.5) is 5.69 Å². The highest BCUT2D eigenvalue weighted by atomic mass is 35.5. The third-order valence-corrected chi connectivity index (χ3v) is 5.40. The van der Waals surface area contributed by atoms with Crippen molar-refractivity contribution in [2.24, 2.45) is 5.10 Å². The molecule has 4 aromatic rings. The van der Waals surface area contributed by atoms with E-state index in [4.69, 9.17) is 0 Å². The smallest absolute Gasteiger partial charge is 0.305 e. The second-order valence-electron chi connectivity index (χ2n) is 8.18. The van der Waals surface area contributed by atoms with Crippen molar-refractivity contribution in [3.8, 4) is 0 Å². The monoisotopic (exact) mass is 534 g/mol. The zero-order valence-electron chi connectivity index (χ0n) is 20.2. The molecule has 2 aromatic carbocycles. The van der Waals surface area contributed by atoms with Crippen LogP contribution in [0.5, 0.6) is 0 Å². The van der Waals surface area contributed by atoms with Gasteiger partial charge in [0, 0.05) is 28.8 Å². The van der Waals surface area contributed by atoms with E-state index in [0.717, 1.165) is 11.8 Å². The zero-order chi connectivity index (χ0) is 26.4. The number of ketones is 1. The van der Waals surface area contributed by atoms with E-state index in [1.807, 2.05) is 6.92 Å². The molecule has 0 saturated heterocycles. The number of carbonyl (C=O) groups excluding carboxylic acids is 3. The topological polar surface area (TPSA) is 142 Å². The number of hydrogen-bond donors (Lipinski definition) is 2. The van der Waals surface area contributed by atoms with Crippen molar-refractivity contribution < 1.29 is 35.8 Å². The van der Waals surface area contributed by atoms with Crippen LogP contribution in [0.15, 0.2) is 90.4 Å².